The summed E-state index contributed by atoms with van der Waals surface area (Å²) in [6, 6.07) is 14.9. The van der Waals surface area contributed by atoms with Crippen LogP contribution in [0.5, 0.6) is 0 Å². The summed E-state index contributed by atoms with van der Waals surface area (Å²) in [7, 11) is -4.09. The fraction of sp³-hybridized carbons (Fsp3) is 0. The summed E-state index contributed by atoms with van der Waals surface area (Å²) in [5.41, 5.74) is 0.236. The maximum Gasteiger partial charge on any atom is 0.269 e. The molecule has 0 aliphatic carbocycles. The molecule has 0 saturated carbocycles. The molecule has 1 amide bonds. The normalized spacial score (nSPS) is 11.0. The summed E-state index contributed by atoms with van der Waals surface area (Å²) in [5, 5.41) is 13.9. The minimum atomic E-state index is -4.09. The number of sulfonamides is 1. The van der Waals surface area contributed by atoms with Crippen LogP contribution in [0.15, 0.2) is 71.6 Å². The minimum absolute atomic E-state index is 0.0356. The van der Waals surface area contributed by atoms with Gasteiger partial charge in [0.1, 0.15) is 0 Å². The number of rotatable bonds is 6. The number of carbonyl (C=O) groups is 1. The number of nitrogens with zero attached hydrogens (tertiary/aromatic N) is 1. The predicted molar refractivity (Wildman–Crippen MR) is 115 cm³/mol. The molecule has 3 aromatic carbocycles. The summed E-state index contributed by atoms with van der Waals surface area (Å²) < 4.78 is 27.6. The highest BCUT2D eigenvalue weighted by molar-refractivity contribution is 7.92. The van der Waals surface area contributed by atoms with Gasteiger partial charge in [0.25, 0.3) is 21.6 Å². The number of nitro benzene ring substituents is 1. The minimum Gasteiger partial charge on any atom is -0.322 e. The van der Waals surface area contributed by atoms with Crippen molar-refractivity contribution in [2.75, 3.05) is 10.0 Å². The van der Waals surface area contributed by atoms with Crippen LogP contribution in [0.3, 0.4) is 0 Å². The molecule has 0 unspecified atom stereocenters. The lowest BCUT2D eigenvalue weighted by molar-refractivity contribution is -0.384. The number of non-ortho nitro benzene ring substituents is 1. The number of nitro groups is 1. The molecule has 0 aromatic heterocycles. The quantitative estimate of drug-likeness (QED) is 0.394. The smallest absolute Gasteiger partial charge is 0.269 e. The lowest BCUT2D eigenvalue weighted by Crippen LogP contribution is -2.18. The Labute approximate surface area is 181 Å². The van der Waals surface area contributed by atoms with Gasteiger partial charge in [-0.25, -0.2) is 8.42 Å². The highest BCUT2D eigenvalue weighted by atomic mass is 35.5. The highest BCUT2D eigenvalue weighted by Crippen LogP contribution is 2.27. The van der Waals surface area contributed by atoms with Crippen molar-refractivity contribution in [3.8, 4) is 0 Å². The SMILES string of the molecule is O=C(Nc1ccc(Cl)c(Cl)c1)c1ccccc1NS(=O)(=O)c1ccc([N+](=O)[O-])cc1. The molecule has 0 bridgehead atoms. The molecular formula is C19H13Cl2N3O5S. The van der Waals surface area contributed by atoms with E-state index in [2.05, 4.69) is 10.0 Å². The number of hydrogen-bond donors (Lipinski definition) is 2. The number of halogens is 2. The van der Waals surface area contributed by atoms with Crippen LogP contribution in [0.2, 0.25) is 10.0 Å². The first-order valence-electron chi connectivity index (χ1n) is 8.30. The molecule has 11 heteroatoms. The molecular weight excluding hydrogens is 453 g/mol. The molecule has 0 aliphatic heterocycles. The number of carbonyl (C=O) groups excluding carboxylic acids is 1. The zero-order chi connectivity index (χ0) is 21.9. The van der Waals surface area contributed by atoms with E-state index in [1.165, 1.54) is 24.3 Å². The second-order valence-corrected chi connectivity index (χ2v) is 8.48. The van der Waals surface area contributed by atoms with Gasteiger partial charge in [0.05, 0.1) is 31.1 Å². The van der Waals surface area contributed by atoms with Crippen LogP contribution < -0.4 is 10.0 Å². The zero-order valence-corrected chi connectivity index (χ0v) is 17.3. The van der Waals surface area contributed by atoms with Gasteiger partial charge in [-0.15, -0.1) is 0 Å². The van der Waals surface area contributed by atoms with Crippen LogP contribution in [-0.4, -0.2) is 19.2 Å². The van der Waals surface area contributed by atoms with E-state index in [-0.39, 0.29) is 26.9 Å². The van der Waals surface area contributed by atoms with Gasteiger partial charge >= 0.3 is 0 Å². The fourth-order valence-electron chi connectivity index (χ4n) is 2.49. The van der Waals surface area contributed by atoms with Crippen molar-refractivity contribution in [2.45, 2.75) is 4.90 Å². The van der Waals surface area contributed by atoms with E-state index in [0.29, 0.717) is 10.7 Å². The largest absolute Gasteiger partial charge is 0.322 e. The summed E-state index contributed by atoms with van der Waals surface area (Å²) >= 11 is 11.8. The first-order chi connectivity index (χ1) is 14.2. The molecule has 8 nitrogen and oxygen atoms in total. The van der Waals surface area contributed by atoms with Crippen LogP contribution >= 0.6 is 23.2 Å². The Balaban J connectivity index is 1.86. The van der Waals surface area contributed by atoms with Gasteiger partial charge in [0.15, 0.2) is 0 Å². The van der Waals surface area contributed by atoms with Crippen LogP contribution in [-0.2, 0) is 10.0 Å². The lowest BCUT2D eigenvalue weighted by atomic mass is 10.1. The summed E-state index contributed by atoms with van der Waals surface area (Å²) in [6.45, 7) is 0. The Kier molecular flexibility index (Phi) is 6.25. The van der Waals surface area contributed by atoms with Crippen molar-refractivity contribution in [1.29, 1.82) is 0 Å². The summed E-state index contributed by atoms with van der Waals surface area (Å²) in [4.78, 5) is 22.6. The van der Waals surface area contributed by atoms with Crippen LogP contribution in [0.1, 0.15) is 10.4 Å². The lowest BCUT2D eigenvalue weighted by Gasteiger charge is -2.13. The maximum absolute atomic E-state index is 12.7. The van der Waals surface area contributed by atoms with E-state index in [0.717, 1.165) is 24.3 Å². The van der Waals surface area contributed by atoms with Crippen molar-refractivity contribution in [2.24, 2.45) is 0 Å². The van der Waals surface area contributed by atoms with E-state index in [9.17, 15) is 23.3 Å². The molecule has 0 radical (unpaired) electrons. The third-order valence-corrected chi connectivity index (χ3v) is 6.07. The highest BCUT2D eigenvalue weighted by Gasteiger charge is 2.20. The van der Waals surface area contributed by atoms with Gasteiger partial charge in [0.2, 0.25) is 0 Å². The average molecular weight is 466 g/mol. The van der Waals surface area contributed by atoms with E-state index < -0.39 is 20.9 Å². The van der Waals surface area contributed by atoms with Crippen LogP contribution in [0.25, 0.3) is 0 Å². The Morgan fingerprint density at radius 3 is 2.23 bits per heavy atom. The third kappa shape index (κ3) is 4.88. The monoisotopic (exact) mass is 465 g/mol. The van der Waals surface area contributed by atoms with Crippen LogP contribution in [0, 0.1) is 10.1 Å². The number of nitrogens with one attached hydrogen (secondary N) is 2. The van der Waals surface area contributed by atoms with Gasteiger partial charge in [0, 0.05) is 17.8 Å². The molecule has 0 aliphatic rings. The number of amides is 1. The van der Waals surface area contributed by atoms with Gasteiger partial charge < -0.3 is 5.32 Å². The molecule has 0 spiro atoms. The first kappa shape index (κ1) is 21.6. The Hall–Kier alpha value is -3.14. The van der Waals surface area contributed by atoms with E-state index in [1.54, 1.807) is 18.2 Å². The molecule has 0 heterocycles. The summed E-state index contributed by atoms with van der Waals surface area (Å²) in [5.74, 6) is -0.574. The van der Waals surface area contributed by atoms with Crippen molar-refractivity contribution in [3.63, 3.8) is 0 Å². The Bertz CT molecular complexity index is 1230. The first-order valence-corrected chi connectivity index (χ1v) is 10.5. The summed E-state index contributed by atoms with van der Waals surface area (Å²) in [6.07, 6.45) is 0. The standard InChI is InChI=1S/C19H13Cl2N3O5S/c20-16-10-5-12(11-17(16)21)22-19(25)15-3-1-2-4-18(15)23-30(28,29)14-8-6-13(7-9-14)24(26)27/h1-11,23H,(H,22,25). The topological polar surface area (TPSA) is 118 Å². The Morgan fingerprint density at radius 2 is 1.60 bits per heavy atom. The molecule has 0 saturated heterocycles. The van der Waals surface area contributed by atoms with Gasteiger partial charge in [-0.1, -0.05) is 35.3 Å². The van der Waals surface area contributed by atoms with Crippen molar-refractivity contribution < 1.29 is 18.1 Å². The molecule has 154 valence electrons. The number of para-hydroxylation sites is 1. The van der Waals surface area contributed by atoms with Crippen LogP contribution in [0.4, 0.5) is 17.1 Å². The van der Waals surface area contributed by atoms with E-state index in [1.807, 2.05) is 0 Å². The van der Waals surface area contributed by atoms with Gasteiger partial charge in [-0.2, -0.15) is 0 Å². The number of benzene rings is 3. The van der Waals surface area contributed by atoms with Gasteiger partial charge in [-0.3, -0.25) is 19.6 Å². The van der Waals surface area contributed by atoms with E-state index >= 15 is 0 Å². The predicted octanol–water partition coefficient (Wildman–Crippen LogP) is 4.95. The zero-order valence-electron chi connectivity index (χ0n) is 15.0. The molecule has 3 rings (SSSR count). The number of hydrogen-bond acceptors (Lipinski definition) is 5. The molecule has 0 fully saturated rings. The second-order valence-electron chi connectivity index (χ2n) is 5.99. The Morgan fingerprint density at radius 1 is 0.933 bits per heavy atom. The van der Waals surface area contributed by atoms with Crippen molar-refractivity contribution >= 4 is 56.2 Å². The molecule has 30 heavy (non-hydrogen) atoms. The van der Waals surface area contributed by atoms with Crippen molar-refractivity contribution in [1.82, 2.24) is 0 Å². The fourth-order valence-corrected chi connectivity index (χ4v) is 3.87. The average Bonchev–Trinajstić information content (AvgIpc) is 2.71. The molecule has 2 N–H and O–H groups in total. The molecule has 0 atom stereocenters. The maximum atomic E-state index is 12.7. The van der Waals surface area contributed by atoms with Gasteiger partial charge in [-0.05, 0) is 42.5 Å². The second kappa shape index (κ2) is 8.70. The third-order valence-electron chi connectivity index (χ3n) is 3.95. The van der Waals surface area contributed by atoms with E-state index in [4.69, 9.17) is 23.2 Å². The molecule has 3 aromatic rings. The number of anilines is 2. The van der Waals surface area contributed by atoms with Crippen molar-refractivity contribution in [3.05, 3.63) is 92.5 Å².